The van der Waals surface area contributed by atoms with Crippen LogP contribution in [0, 0.1) is 0 Å². The van der Waals surface area contributed by atoms with Crippen molar-refractivity contribution < 1.29 is 4.74 Å². The molecule has 1 aliphatic rings. The van der Waals surface area contributed by atoms with E-state index in [2.05, 4.69) is 20.9 Å². The van der Waals surface area contributed by atoms with Crippen LogP contribution >= 0.6 is 0 Å². The molecule has 1 aliphatic heterocycles. The first-order valence-corrected chi connectivity index (χ1v) is 6.33. The molecule has 1 saturated heterocycles. The van der Waals surface area contributed by atoms with Crippen molar-refractivity contribution in [2.24, 2.45) is 0 Å². The van der Waals surface area contributed by atoms with Crippen LogP contribution in [0.5, 0.6) is 0 Å². The number of nitrogen functional groups attached to an aromatic ring is 1. The minimum absolute atomic E-state index is 0.522. The molecule has 98 valence electrons. The standard InChI is InChI=1S/C14H16N4O/c15-14-4-1-11(9-17-14)13-3-2-12(10-16-13)18-5-7-19-8-6-18/h1-4,9-10H,5-8H2,(H2,15,17). The molecule has 1 fully saturated rings. The van der Waals surface area contributed by atoms with E-state index >= 15 is 0 Å². The van der Waals surface area contributed by atoms with Crippen molar-refractivity contribution in [3.63, 3.8) is 0 Å². The Labute approximate surface area is 112 Å². The number of pyridine rings is 2. The van der Waals surface area contributed by atoms with Crippen molar-refractivity contribution >= 4 is 11.5 Å². The van der Waals surface area contributed by atoms with Crippen LogP contribution in [0.1, 0.15) is 0 Å². The van der Waals surface area contributed by atoms with Gasteiger partial charge in [-0.2, -0.15) is 0 Å². The third-order valence-corrected chi connectivity index (χ3v) is 3.21. The Morgan fingerprint density at radius 2 is 1.84 bits per heavy atom. The number of nitrogens with zero attached hydrogens (tertiary/aromatic N) is 3. The average Bonchev–Trinajstić information content (AvgIpc) is 2.49. The molecule has 2 aromatic heterocycles. The van der Waals surface area contributed by atoms with Gasteiger partial charge in [-0.15, -0.1) is 0 Å². The molecule has 0 saturated carbocycles. The van der Waals surface area contributed by atoms with E-state index in [4.69, 9.17) is 10.5 Å². The highest BCUT2D eigenvalue weighted by Crippen LogP contribution is 2.20. The van der Waals surface area contributed by atoms with Gasteiger partial charge in [-0.05, 0) is 24.3 Å². The summed E-state index contributed by atoms with van der Waals surface area (Å²) in [6.45, 7) is 3.40. The maximum absolute atomic E-state index is 5.58. The van der Waals surface area contributed by atoms with Crippen molar-refractivity contribution in [1.82, 2.24) is 9.97 Å². The molecule has 0 unspecified atom stereocenters. The maximum atomic E-state index is 5.58. The van der Waals surface area contributed by atoms with Crippen LogP contribution in [0.25, 0.3) is 11.3 Å². The quantitative estimate of drug-likeness (QED) is 0.883. The molecule has 2 aromatic rings. The van der Waals surface area contributed by atoms with Crippen molar-refractivity contribution in [3.05, 3.63) is 36.7 Å². The molecule has 5 nitrogen and oxygen atoms in total. The van der Waals surface area contributed by atoms with Crippen LogP contribution < -0.4 is 10.6 Å². The van der Waals surface area contributed by atoms with Crippen molar-refractivity contribution in [3.8, 4) is 11.3 Å². The summed E-state index contributed by atoms with van der Waals surface area (Å²) in [4.78, 5) is 10.8. The molecule has 0 atom stereocenters. The second-order valence-electron chi connectivity index (χ2n) is 4.47. The minimum atomic E-state index is 0.522. The second kappa shape index (κ2) is 5.24. The smallest absolute Gasteiger partial charge is 0.123 e. The van der Waals surface area contributed by atoms with Crippen LogP contribution in [0.15, 0.2) is 36.7 Å². The van der Waals surface area contributed by atoms with E-state index in [1.165, 1.54) is 0 Å². The van der Waals surface area contributed by atoms with E-state index < -0.39 is 0 Å². The largest absolute Gasteiger partial charge is 0.384 e. The third kappa shape index (κ3) is 2.66. The number of nitrogens with two attached hydrogens (primary N) is 1. The summed E-state index contributed by atoms with van der Waals surface area (Å²) in [5.41, 5.74) is 8.59. The number of morpholine rings is 1. The summed E-state index contributed by atoms with van der Waals surface area (Å²) in [6, 6.07) is 7.81. The first-order chi connectivity index (χ1) is 9.33. The zero-order valence-electron chi connectivity index (χ0n) is 10.6. The zero-order valence-corrected chi connectivity index (χ0v) is 10.6. The fourth-order valence-corrected chi connectivity index (χ4v) is 2.12. The third-order valence-electron chi connectivity index (χ3n) is 3.21. The molecule has 0 aromatic carbocycles. The van der Waals surface area contributed by atoms with E-state index in [-0.39, 0.29) is 0 Å². The lowest BCUT2D eigenvalue weighted by Gasteiger charge is -2.28. The van der Waals surface area contributed by atoms with Gasteiger partial charge < -0.3 is 15.4 Å². The number of ether oxygens (including phenoxy) is 1. The fraction of sp³-hybridized carbons (Fsp3) is 0.286. The van der Waals surface area contributed by atoms with Gasteiger partial charge >= 0.3 is 0 Å². The van der Waals surface area contributed by atoms with Crippen molar-refractivity contribution in [2.75, 3.05) is 36.9 Å². The topological polar surface area (TPSA) is 64.3 Å². The van der Waals surface area contributed by atoms with Gasteiger partial charge in [0.2, 0.25) is 0 Å². The van der Waals surface area contributed by atoms with Crippen molar-refractivity contribution in [2.45, 2.75) is 0 Å². The molecule has 0 bridgehead atoms. The molecule has 0 aliphatic carbocycles. The Bertz CT molecular complexity index is 532. The summed E-state index contributed by atoms with van der Waals surface area (Å²) in [7, 11) is 0. The monoisotopic (exact) mass is 256 g/mol. The molecule has 3 heterocycles. The van der Waals surface area contributed by atoms with E-state index in [0.717, 1.165) is 43.2 Å². The Hall–Kier alpha value is -2.14. The second-order valence-corrected chi connectivity index (χ2v) is 4.47. The Balaban J connectivity index is 1.80. The summed E-state index contributed by atoms with van der Waals surface area (Å²) < 4.78 is 5.34. The van der Waals surface area contributed by atoms with Gasteiger partial charge in [-0.1, -0.05) is 0 Å². The predicted molar refractivity (Wildman–Crippen MR) is 74.9 cm³/mol. The average molecular weight is 256 g/mol. The van der Waals surface area contributed by atoms with E-state index in [0.29, 0.717) is 5.82 Å². The van der Waals surface area contributed by atoms with Crippen LogP contribution in [-0.2, 0) is 4.74 Å². The molecule has 3 rings (SSSR count). The van der Waals surface area contributed by atoms with Gasteiger partial charge in [0.05, 0.1) is 30.8 Å². The normalized spacial score (nSPS) is 15.5. The summed E-state index contributed by atoms with van der Waals surface area (Å²) in [6.07, 6.45) is 3.64. The number of aromatic nitrogens is 2. The molecular formula is C14H16N4O. The van der Waals surface area contributed by atoms with Gasteiger partial charge in [0.25, 0.3) is 0 Å². The number of hydrogen-bond acceptors (Lipinski definition) is 5. The highest BCUT2D eigenvalue weighted by Gasteiger charge is 2.11. The van der Waals surface area contributed by atoms with Gasteiger partial charge in [0, 0.05) is 24.8 Å². The summed E-state index contributed by atoms with van der Waals surface area (Å²) >= 11 is 0. The Morgan fingerprint density at radius 3 is 2.47 bits per heavy atom. The lowest BCUT2D eigenvalue weighted by Crippen LogP contribution is -2.36. The Morgan fingerprint density at radius 1 is 1.00 bits per heavy atom. The summed E-state index contributed by atoms with van der Waals surface area (Å²) in [5, 5.41) is 0. The van der Waals surface area contributed by atoms with Gasteiger partial charge in [0.15, 0.2) is 0 Å². The first-order valence-electron chi connectivity index (χ1n) is 6.33. The highest BCUT2D eigenvalue weighted by atomic mass is 16.5. The van der Waals surface area contributed by atoms with E-state index in [9.17, 15) is 0 Å². The number of rotatable bonds is 2. The first kappa shape index (κ1) is 11.9. The molecular weight excluding hydrogens is 240 g/mol. The van der Waals surface area contributed by atoms with E-state index in [1.54, 1.807) is 12.3 Å². The van der Waals surface area contributed by atoms with Gasteiger partial charge in [-0.25, -0.2) is 4.98 Å². The van der Waals surface area contributed by atoms with Gasteiger partial charge in [0.1, 0.15) is 5.82 Å². The highest BCUT2D eigenvalue weighted by molar-refractivity contribution is 5.61. The lowest BCUT2D eigenvalue weighted by atomic mass is 10.2. The SMILES string of the molecule is Nc1ccc(-c2ccc(N3CCOCC3)cn2)cn1. The number of anilines is 2. The Kier molecular flexibility index (Phi) is 3.29. The van der Waals surface area contributed by atoms with Crippen LogP contribution in [0.3, 0.4) is 0 Å². The maximum Gasteiger partial charge on any atom is 0.123 e. The summed E-state index contributed by atoms with van der Waals surface area (Å²) in [5.74, 6) is 0.522. The lowest BCUT2D eigenvalue weighted by molar-refractivity contribution is 0.122. The van der Waals surface area contributed by atoms with Crippen LogP contribution in [0.2, 0.25) is 0 Å². The van der Waals surface area contributed by atoms with E-state index in [1.807, 2.05) is 18.3 Å². The molecule has 19 heavy (non-hydrogen) atoms. The molecule has 0 spiro atoms. The molecule has 5 heteroatoms. The van der Waals surface area contributed by atoms with Gasteiger partial charge in [-0.3, -0.25) is 4.98 Å². The van der Waals surface area contributed by atoms with Crippen LogP contribution in [0.4, 0.5) is 11.5 Å². The fourth-order valence-electron chi connectivity index (χ4n) is 2.12. The molecule has 2 N–H and O–H groups in total. The molecule has 0 radical (unpaired) electrons. The van der Waals surface area contributed by atoms with Crippen molar-refractivity contribution in [1.29, 1.82) is 0 Å². The minimum Gasteiger partial charge on any atom is -0.384 e. The zero-order chi connectivity index (χ0) is 13.1. The number of hydrogen-bond donors (Lipinski definition) is 1. The van der Waals surface area contributed by atoms with Crippen LogP contribution in [-0.4, -0.2) is 36.3 Å². The predicted octanol–water partition coefficient (Wildman–Crippen LogP) is 1.56. The molecule has 0 amide bonds.